The highest BCUT2D eigenvalue weighted by Gasteiger charge is 2.41. The minimum atomic E-state index is -3.56. The first-order chi connectivity index (χ1) is 13.2. The van der Waals surface area contributed by atoms with E-state index in [0.29, 0.717) is 32.8 Å². The number of nitrogens with zero attached hydrogens (tertiary/aromatic N) is 2. The molecule has 0 saturated heterocycles. The topological polar surface area (TPSA) is 135 Å². The van der Waals surface area contributed by atoms with Gasteiger partial charge in [-0.1, -0.05) is 35.1 Å². The number of nitrogens with one attached hydrogen (secondary N) is 1. The van der Waals surface area contributed by atoms with Crippen LogP contribution < -0.4 is 21.6 Å². The molecule has 11 heteroatoms. The van der Waals surface area contributed by atoms with E-state index in [-0.39, 0.29) is 10.2 Å². The number of sulfone groups is 1. The summed E-state index contributed by atoms with van der Waals surface area (Å²) in [5.74, 6) is 0.150. The van der Waals surface area contributed by atoms with Crippen LogP contribution in [0.3, 0.4) is 0 Å². The fourth-order valence-electron chi connectivity index (χ4n) is 3.22. The Morgan fingerprint density at radius 2 is 2.14 bits per heavy atom. The molecular weight excluding hydrogens is 422 g/mol. The van der Waals surface area contributed by atoms with E-state index < -0.39 is 21.6 Å². The molecule has 5 N–H and O–H groups in total. The maximum absolute atomic E-state index is 12.6. The van der Waals surface area contributed by atoms with Gasteiger partial charge in [0.1, 0.15) is 17.1 Å². The van der Waals surface area contributed by atoms with E-state index in [0.717, 1.165) is 17.6 Å². The molecule has 0 amide bonds. The third-order valence-corrected chi connectivity index (χ3v) is 7.47. The molecule has 1 unspecified atom stereocenters. The minimum Gasteiger partial charge on any atom is -0.404 e. The number of halogens is 1. The van der Waals surface area contributed by atoms with Crippen molar-refractivity contribution in [1.82, 2.24) is 4.98 Å². The average Bonchev–Trinajstić information content (AvgIpc) is 3.06. The number of aliphatic imine (C=N–C) groups is 1. The van der Waals surface area contributed by atoms with E-state index in [1.807, 2.05) is 0 Å². The summed E-state index contributed by atoms with van der Waals surface area (Å²) in [4.78, 5) is 19.8. The summed E-state index contributed by atoms with van der Waals surface area (Å²) in [6.07, 6.45) is 1.52. The smallest absolute Gasteiger partial charge is 0.357 e. The van der Waals surface area contributed by atoms with Gasteiger partial charge in [0.05, 0.1) is 22.0 Å². The average molecular weight is 437 g/mol. The Labute approximate surface area is 168 Å². The monoisotopic (exact) mass is 436 g/mol. The lowest BCUT2D eigenvalue weighted by Crippen LogP contribution is -2.50. The summed E-state index contributed by atoms with van der Waals surface area (Å²) >= 11 is 7.18. The zero-order chi connectivity index (χ0) is 20.2. The van der Waals surface area contributed by atoms with Crippen LogP contribution >= 0.6 is 22.9 Å². The maximum atomic E-state index is 12.6. The van der Waals surface area contributed by atoms with E-state index in [1.54, 1.807) is 29.6 Å². The van der Waals surface area contributed by atoms with Gasteiger partial charge in [-0.25, -0.2) is 8.42 Å². The SMILES string of the molecule is CS(=O)(=O)c1scc2[n+]1C(c1cc3cccc(Cl)c3c(=O)[nH]1)N=C(N)C2=CN. The van der Waals surface area contributed by atoms with Crippen LogP contribution in [-0.4, -0.2) is 25.5 Å². The molecule has 1 aliphatic rings. The van der Waals surface area contributed by atoms with Crippen LogP contribution in [0.2, 0.25) is 5.02 Å². The largest absolute Gasteiger partial charge is 0.404 e. The summed E-state index contributed by atoms with van der Waals surface area (Å²) < 4.78 is 26.2. The van der Waals surface area contributed by atoms with Gasteiger partial charge in [0.25, 0.3) is 11.7 Å². The lowest BCUT2D eigenvalue weighted by atomic mass is 10.1. The molecule has 3 aromatic rings. The highest BCUT2D eigenvalue weighted by atomic mass is 35.5. The van der Waals surface area contributed by atoms with E-state index in [4.69, 9.17) is 23.1 Å². The van der Waals surface area contributed by atoms with Crippen LogP contribution in [-0.2, 0) is 9.84 Å². The van der Waals surface area contributed by atoms with Gasteiger partial charge >= 0.3 is 4.34 Å². The Morgan fingerprint density at radius 3 is 2.82 bits per heavy atom. The van der Waals surface area contributed by atoms with E-state index in [9.17, 15) is 13.2 Å². The first kappa shape index (κ1) is 18.7. The van der Waals surface area contributed by atoms with Crippen molar-refractivity contribution in [1.29, 1.82) is 0 Å². The molecular formula is C17H15ClN5O3S2+. The fourth-order valence-corrected chi connectivity index (χ4v) is 5.65. The number of aromatic amines is 1. The lowest BCUT2D eigenvalue weighted by Gasteiger charge is -2.17. The molecule has 2 aromatic heterocycles. The number of thiazole rings is 1. The van der Waals surface area contributed by atoms with Crippen molar-refractivity contribution in [2.75, 3.05) is 6.26 Å². The predicted octanol–water partition coefficient (Wildman–Crippen LogP) is 1.15. The summed E-state index contributed by atoms with van der Waals surface area (Å²) in [5.41, 5.74) is 12.6. The number of fused-ring (bicyclic) bond motifs is 2. The van der Waals surface area contributed by atoms with Crippen molar-refractivity contribution < 1.29 is 13.0 Å². The van der Waals surface area contributed by atoms with Crippen LogP contribution in [0.25, 0.3) is 16.3 Å². The standard InChI is InChI=1S/C17H14ClN5O3S2/c1-28(25,26)17-23-12(7-27-17)9(6-19)14(20)22-15(23)11-5-8-3-2-4-10(18)13(8)16(24)21-11/h2-7,15H,1H3,(H4-,19,20,21,22,24)/p+1. The molecule has 0 bridgehead atoms. The van der Waals surface area contributed by atoms with Gasteiger partial charge in [0.2, 0.25) is 15.5 Å². The molecule has 1 aliphatic heterocycles. The van der Waals surface area contributed by atoms with Gasteiger partial charge in [-0.3, -0.25) is 4.79 Å². The Bertz CT molecular complexity index is 1350. The van der Waals surface area contributed by atoms with Crippen molar-refractivity contribution in [3.8, 4) is 0 Å². The number of hydrogen-bond donors (Lipinski definition) is 3. The first-order valence-electron chi connectivity index (χ1n) is 8.03. The summed E-state index contributed by atoms with van der Waals surface area (Å²) in [6, 6.07) is 6.81. The van der Waals surface area contributed by atoms with Crippen molar-refractivity contribution in [3.05, 3.63) is 62.6 Å². The second-order valence-corrected chi connectivity index (χ2v) is 9.71. The van der Waals surface area contributed by atoms with Gasteiger partial charge < -0.3 is 16.5 Å². The molecule has 0 fully saturated rings. The second-order valence-electron chi connectivity index (χ2n) is 6.26. The van der Waals surface area contributed by atoms with Crippen molar-refractivity contribution in [2.45, 2.75) is 10.5 Å². The van der Waals surface area contributed by atoms with Crippen LogP contribution in [0.5, 0.6) is 0 Å². The molecule has 4 rings (SSSR count). The normalized spacial score (nSPS) is 18.3. The molecule has 0 spiro atoms. The fraction of sp³-hybridized carbons (Fsp3) is 0.118. The van der Waals surface area contributed by atoms with E-state index in [2.05, 4.69) is 9.98 Å². The molecule has 1 atom stereocenters. The zero-order valence-electron chi connectivity index (χ0n) is 14.5. The zero-order valence-corrected chi connectivity index (χ0v) is 16.9. The second kappa shape index (κ2) is 6.43. The van der Waals surface area contributed by atoms with E-state index >= 15 is 0 Å². The number of rotatable bonds is 2. The van der Waals surface area contributed by atoms with Crippen molar-refractivity contribution in [2.24, 2.45) is 16.5 Å². The van der Waals surface area contributed by atoms with Gasteiger partial charge in [-0.2, -0.15) is 4.99 Å². The quantitative estimate of drug-likeness (QED) is 0.518. The first-order valence-corrected chi connectivity index (χ1v) is 11.2. The highest BCUT2D eigenvalue weighted by Crippen LogP contribution is 2.30. The summed E-state index contributed by atoms with van der Waals surface area (Å²) in [7, 11) is -3.56. The van der Waals surface area contributed by atoms with E-state index in [1.165, 1.54) is 10.8 Å². The molecule has 8 nitrogen and oxygen atoms in total. The van der Waals surface area contributed by atoms with Gasteiger partial charge in [0.15, 0.2) is 0 Å². The molecule has 0 aliphatic carbocycles. The van der Waals surface area contributed by atoms with Gasteiger partial charge in [-0.15, -0.1) is 4.57 Å². The van der Waals surface area contributed by atoms with Crippen LogP contribution in [0.4, 0.5) is 0 Å². The number of H-pyrrole nitrogens is 1. The number of pyridine rings is 1. The Hall–Kier alpha value is -2.69. The van der Waals surface area contributed by atoms with Gasteiger partial charge in [-0.05, 0) is 17.5 Å². The predicted molar refractivity (Wildman–Crippen MR) is 109 cm³/mol. The third-order valence-electron chi connectivity index (χ3n) is 4.39. The number of amidine groups is 1. The number of aromatic nitrogens is 2. The van der Waals surface area contributed by atoms with Gasteiger partial charge in [0, 0.05) is 6.20 Å². The number of nitrogens with two attached hydrogens (primary N) is 2. The van der Waals surface area contributed by atoms with Crippen molar-refractivity contribution in [3.63, 3.8) is 0 Å². The Balaban J connectivity index is 2.04. The van der Waals surface area contributed by atoms with Crippen LogP contribution in [0, 0.1) is 0 Å². The molecule has 0 radical (unpaired) electrons. The summed E-state index contributed by atoms with van der Waals surface area (Å²) in [5, 5.41) is 2.94. The third kappa shape index (κ3) is 2.81. The highest BCUT2D eigenvalue weighted by molar-refractivity contribution is 7.92. The molecule has 3 heterocycles. The Kier molecular flexibility index (Phi) is 4.29. The number of benzene rings is 1. The number of hydrogen-bond acceptors (Lipinski definition) is 7. The molecule has 28 heavy (non-hydrogen) atoms. The Morgan fingerprint density at radius 1 is 1.39 bits per heavy atom. The molecule has 0 saturated carbocycles. The van der Waals surface area contributed by atoms with Crippen LogP contribution in [0.15, 0.2) is 50.0 Å². The van der Waals surface area contributed by atoms with Crippen LogP contribution in [0.1, 0.15) is 17.6 Å². The minimum absolute atomic E-state index is 0.0788. The lowest BCUT2D eigenvalue weighted by molar-refractivity contribution is -0.745. The van der Waals surface area contributed by atoms with Crippen molar-refractivity contribution >= 4 is 55.0 Å². The maximum Gasteiger partial charge on any atom is 0.357 e. The molecule has 144 valence electrons. The molecule has 1 aromatic carbocycles. The summed E-state index contributed by atoms with van der Waals surface area (Å²) in [6.45, 7) is 0.